The molecule has 0 aromatic carbocycles. The Morgan fingerprint density at radius 3 is 2.80 bits per heavy atom. The summed E-state index contributed by atoms with van der Waals surface area (Å²) in [4.78, 5) is 17.1. The lowest BCUT2D eigenvalue weighted by atomic mass is 10.2. The molecule has 20 heavy (non-hydrogen) atoms. The number of nitrogens with one attached hydrogen (secondary N) is 1. The van der Waals surface area contributed by atoms with Gasteiger partial charge in [-0.05, 0) is 31.7 Å². The zero-order chi connectivity index (χ0) is 13.9. The molecule has 0 spiro atoms. The zero-order valence-corrected chi connectivity index (χ0v) is 12.5. The number of hydrogen-bond donors (Lipinski definition) is 1. The normalized spacial score (nSPS) is 32.5. The van der Waals surface area contributed by atoms with E-state index in [1.807, 2.05) is 0 Å². The molecule has 1 saturated carbocycles. The fraction of sp³-hybridized carbons (Fsp3) is 0.933. The summed E-state index contributed by atoms with van der Waals surface area (Å²) in [6.07, 6.45) is 3.61. The first-order valence-corrected chi connectivity index (χ1v) is 8.11. The number of amides is 1. The lowest BCUT2D eigenvalue weighted by Gasteiger charge is -2.31. The molecule has 0 unspecified atom stereocenters. The number of carbonyl (C=O) groups is 1. The number of rotatable bonds is 5. The Morgan fingerprint density at radius 1 is 1.20 bits per heavy atom. The van der Waals surface area contributed by atoms with Gasteiger partial charge in [-0.2, -0.15) is 0 Å². The molecular formula is C15H27N3O2. The molecule has 0 aromatic rings. The Hall–Kier alpha value is -0.650. The molecule has 0 bridgehead atoms. The largest absolute Gasteiger partial charge is 0.366 e. The molecule has 3 aliphatic rings. The van der Waals surface area contributed by atoms with Crippen LogP contribution in [0.5, 0.6) is 0 Å². The second kappa shape index (κ2) is 6.41. The summed E-state index contributed by atoms with van der Waals surface area (Å²) < 4.78 is 5.62. The van der Waals surface area contributed by atoms with Crippen LogP contribution < -0.4 is 5.32 Å². The van der Waals surface area contributed by atoms with Crippen LogP contribution in [0.4, 0.5) is 0 Å². The highest BCUT2D eigenvalue weighted by atomic mass is 16.5. The maximum atomic E-state index is 12.3. The maximum Gasteiger partial charge on any atom is 0.250 e. The van der Waals surface area contributed by atoms with Gasteiger partial charge in [-0.25, -0.2) is 0 Å². The van der Waals surface area contributed by atoms with Crippen molar-refractivity contribution in [1.29, 1.82) is 0 Å². The van der Waals surface area contributed by atoms with Crippen molar-refractivity contribution in [2.45, 2.75) is 38.3 Å². The Kier molecular flexibility index (Phi) is 4.58. The van der Waals surface area contributed by atoms with Gasteiger partial charge in [0.15, 0.2) is 0 Å². The van der Waals surface area contributed by atoms with Crippen molar-refractivity contribution in [3.05, 3.63) is 0 Å². The first-order valence-electron chi connectivity index (χ1n) is 8.11. The molecule has 5 heteroatoms. The fourth-order valence-corrected chi connectivity index (χ4v) is 3.22. The number of morpholine rings is 1. The molecule has 1 amide bonds. The van der Waals surface area contributed by atoms with Crippen LogP contribution in [-0.4, -0.2) is 73.7 Å². The molecule has 2 aliphatic heterocycles. The summed E-state index contributed by atoms with van der Waals surface area (Å²) in [7, 11) is 0. The fourth-order valence-electron chi connectivity index (χ4n) is 3.22. The minimum atomic E-state index is -0.277. The molecule has 2 heterocycles. The van der Waals surface area contributed by atoms with Gasteiger partial charge in [-0.1, -0.05) is 6.92 Å². The first kappa shape index (κ1) is 14.3. The molecule has 0 radical (unpaired) electrons. The van der Waals surface area contributed by atoms with Crippen LogP contribution in [-0.2, 0) is 9.53 Å². The van der Waals surface area contributed by atoms with Crippen LogP contribution in [0.1, 0.15) is 26.2 Å². The van der Waals surface area contributed by atoms with Gasteiger partial charge in [0.25, 0.3) is 5.91 Å². The average Bonchev–Trinajstić information content (AvgIpc) is 3.18. The van der Waals surface area contributed by atoms with E-state index < -0.39 is 0 Å². The summed E-state index contributed by atoms with van der Waals surface area (Å²) >= 11 is 0. The third kappa shape index (κ3) is 3.71. The lowest BCUT2D eigenvalue weighted by Crippen LogP contribution is -2.52. The van der Waals surface area contributed by atoms with Gasteiger partial charge in [0.1, 0.15) is 6.10 Å². The second-order valence-electron chi connectivity index (χ2n) is 6.45. The van der Waals surface area contributed by atoms with Crippen molar-refractivity contribution in [3.63, 3.8) is 0 Å². The maximum absolute atomic E-state index is 12.3. The molecule has 3 rings (SSSR count). The van der Waals surface area contributed by atoms with E-state index in [4.69, 9.17) is 4.74 Å². The van der Waals surface area contributed by atoms with Gasteiger partial charge >= 0.3 is 0 Å². The number of likely N-dealkylation sites (N-methyl/N-ethyl adjacent to an activating group) is 1. The van der Waals surface area contributed by atoms with Gasteiger partial charge in [-0.15, -0.1) is 0 Å². The zero-order valence-electron chi connectivity index (χ0n) is 12.5. The van der Waals surface area contributed by atoms with E-state index in [1.165, 1.54) is 19.4 Å². The minimum Gasteiger partial charge on any atom is -0.366 e. The number of ether oxygens (including phenoxy) is 1. The monoisotopic (exact) mass is 281 g/mol. The SMILES string of the molecule is CCN1CCO[C@@H](C(=O)N[C@H]2CCN(CC3CC3)C2)C1. The molecular weight excluding hydrogens is 254 g/mol. The molecule has 0 aromatic heterocycles. The highest BCUT2D eigenvalue weighted by Gasteiger charge is 2.32. The summed E-state index contributed by atoms with van der Waals surface area (Å²) in [5.74, 6) is 1.02. The van der Waals surface area contributed by atoms with Crippen LogP contribution in [0.15, 0.2) is 0 Å². The molecule has 2 atom stereocenters. The van der Waals surface area contributed by atoms with E-state index in [-0.39, 0.29) is 12.0 Å². The summed E-state index contributed by atoms with van der Waals surface area (Å²) in [6.45, 7) is 8.86. The smallest absolute Gasteiger partial charge is 0.250 e. The van der Waals surface area contributed by atoms with E-state index in [9.17, 15) is 4.79 Å². The van der Waals surface area contributed by atoms with Gasteiger partial charge in [0.2, 0.25) is 0 Å². The third-order valence-electron chi connectivity index (χ3n) is 4.72. The van der Waals surface area contributed by atoms with E-state index in [2.05, 4.69) is 22.0 Å². The van der Waals surface area contributed by atoms with Crippen LogP contribution in [0.3, 0.4) is 0 Å². The van der Waals surface area contributed by atoms with Crippen molar-refractivity contribution >= 4 is 5.91 Å². The number of hydrogen-bond acceptors (Lipinski definition) is 4. The highest BCUT2D eigenvalue weighted by Crippen LogP contribution is 2.30. The number of carbonyl (C=O) groups excluding carboxylic acids is 1. The predicted octanol–water partition coefficient (Wildman–Crippen LogP) is 0.308. The van der Waals surface area contributed by atoms with Crippen molar-refractivity contribution in [3.8, 4) is 0 Å². The van der Waals surface area contributed by atoms with Crippen molar-refractivity contribution in [2.24, 2.45) is 5.92 Å². The first-order chi connectivity index (χ1) is 9.74. The molecule has 3 fully saturated rings. The van der Waals surface area contributed by atoms with E-state index >= 15 is 0 Å². The van der Waals surface area contributed by atoms with Gasteiger partial charge in [0, 0.05) is 38.8 Å². The molecule has 5 nitrogen and oxygen atoms in total. The third-order valence-corrected chi connectivity index (χ3v) is 4.72. The minimum absolute atomic E-state index is 0.0846. The van der Waals surface area contributed by atoms with Crippen molar-refractivity contribution in [2.75, 3.05) is 45.9 Å². The lowest BCUT2D eigenvalue weighted by molar-refractivity contribution is -0.139. The van der Waals surface area contributed by atoms with Crippen LogP contribution in [0.2, 0.25) is 0 Å². The summed E-state index contributed by atoms with van der Waals surface area (Å²) in [6, 6.07) is 0.321. The Balaban J connectivity index is 1.41. The van der Waals surface area contributed by atoms with Gasteiger partial charge < -0.3 is 15.0 Å². The van der Waals surface area contributed by atoms with Crippen LogP contribution in [0.25, 0.3) is 0 Å². The second-order valence-corrected chi connectivity index (χ2v) is 6.45. The summed E-state index contributed by atoms with van der Waals surface area (Å²) in [5, 5.41) is 3.18. The van der Waals surface area contributed by atoms with Crippen LogP contribution in [0, 0.1) is 5.92 Å². The van der Waals surface area contributed by atoms with E-state index in [1.54, 1.807) is 0 Å². The van der Waals surface area contributed by atoms with E-state index in [0.29, 0.717) is 12.6 Å². The highest BCUT2D eigenvalue weighted by molar-refractivity contribution is 5.81. The number of likely N-dealkylation sites (tertiary alicyclic amines) is 1. The predicted molar refractivity (Wildman–Crippen MR) is 77.6 cm³/mol. The quantitative estimate of drug-likeness (QED) is 0.788. The van der Waals surface area contributed by atoms with Gasteiger partial charge in [-0.3, -0.25) is 9.69 Å². The standard InChI is InChI=1S/C15H27N3O2/c1-2-17-7-8-20-14(11-17)15(19)16-13-5-6-18(10-13)9-12-3-4-12/h12-14H,2-11H2,1H3,(H,16,19)/t13-,14+/m0/s1. The van der Waals surface area contributed by atoms with Crippen molar-refractivity contribution < 1.29 is 9.53 Å². The molecule has 2 saturated heterocycles. The molecule has 1 N–H and O–H groups in total. The topological polar surface area (TPSA) is 44.8 Å². The summed E-state index contributed by atoms with van der Waals surface area (Å²) in [5.41, 5.74) is 0. The van der Waals surface area contributed by atoms with Crippen LogP contribution >= 0.6 is 0 Å². The molecule has 114 valence electrons. The van der Waals surface area contributed by atoms with E-state index in [0.717, 1.165) is 45.1 Å². The molecule has 1 aliphatic carbocycles. The Morgan fingerprint density at radius 2 is 2.05 bits per heavy atom. The van der Waals surface area contributed by atoms with Gasteiger partial charge in [0.05, 0.1) is 6.61 Å². The average molecular weight is 281 g/mol. The van der Waals surface area contributed by atoms with Crippen molar-refractivity contribution in [1.82, 2.24) is 15.1 Å². The Bertz CT molecular complexity index is 346. The Labute approximate surface area is 121 Å². The number of nitrogens with zero attached hydrogens (tertiary/aromatic N) is 2.